The van der Waals surface area contributed by atoms with Crippen LogP contribution in [0.2, 0.25) is 0 Å². The van der Waals surface area contributed by atoms with Crippen LogP contribution in [0.25, 0.3) is 11.1 Å². The second kappa shape index (κ2) is 8.89. The molecule has 0 bridgehead atoms. The summed E-state index contributed by atoms with van der Waals surface area (Å²) in [6.07, 6.45) is 0. The molecule has 0 aliphatic rings. The first-order valence-corrected chi connectivity index (χ1v) is 9.93. The van der Waals surface area contributed by atoms with Crippen LogP contribution < -0.4 is 15.7 Å². The molecule has 3 aromatic rings. The van der Waals surface area contributed by atoms with Gasteiger partial charge in [0.05, 0.1) is 15.8 Å². The molecule has 7 heteroatoms. The summed E-state index contributed by atoms with van der Waals surface area (Å²) in [6.45, 7) is 1.91. The maximum absolute atomic E-state index is 12.4. The Hall–Kier alpha value is -3.16. The molecule has 2 amide bonds. The molecule has 1 atom stereocenters. The number of rotatable bonds is 6. The minimum atomic E-state index is -0.628. The van der Waals surface area contributed by atoms with Gasteiger partial charge >= 0.3 is 0 Å². The molecule has 29 heavy (non-hydrogen) atoms. The fraction of sp³-hybridized carbons (Fsp3) is 0.182. The van der Waals surface area contributed by atoms with Crippen LogP contribution >= 0.6 is 11.3 Å². The lowest BCUT2D eigenvalue weighted by Gasteiger charge is -2.15. The molecule has 0 saturated heterocycles. The average molecular weight is 410 g/mol. The molecule has 0 saturated carbocycles. The third-order valence-corrected chi connectivity index (χ3v) is 5.71. The summed E-state index contributed by atoms with van der Waals surface area (Å²) in [5.74, 6) is -0.890. The first-order valence-electron chi connectivity index (χ1n) is 9.12. The Bertz CT molecular complexity index is 995. The van der Waals surface area contributed by atoms with Crippen LogP contribution in [0, 0.1) is 0 Å². The highest BCUT2D eigenvalue weighted by molar-refractivity contribution is 7.15. The van der Waals surface area contributed by atoms with Gasteiger partial charge in [-0.25, -0.2) is 5.48 Å². The summed E-state index contributed by atoms with van der Waals surface area (Å²) in [6, 6.07) is 19.3. The standard InChI is InChI=1S/C22H23N3O3S/c1-14(23-21(26)19-12-13-20(29-19)22(27)24-28)15-4-6-16(7-5-15)17-8-10-18(11-9-17)25(2)3/h4-14,28H,1-3H3,(H,23,26)(H,24,27). The van der Waals surface area contributed by atoms with E-state index in [2.05, 4.69) is 34.5 Å². The van der Waals surface area contributed by atoms with Gasteiger partial charge in [-0.1, -0.05) is 36.4 Å². The number of nitrogens with one attached hydrogen (secondary N) is 2. The van der Waals surface area contributed by atoms with Gasteiger partial charge in [-0.15, -0.1) is 11.3 Å². The number of amides is 2. The van der Waals surface area contributed by atoms with Gasteiger partial charge in [-0.05, 0) is 47.9 Å². The molecule has 6 nitrogen and oxygen atoms in total. The van der Waals surface area contributed by atoms with Crippen molar-refractivity contribution in [2.24, 2.45) is 0 Å². The molecule has 0 aliphatic heterocycles. The van der Waals surface area contributed by atoms with Crippen LogP contribution in [0.15, 0.2) is 60.7 Å². The molecular formula is C22H23N3O3S. The van der Waals surface area contributed by atoms with E-state index in [1.54, 1.807) is 11.5 Å². The van der Waals surface area contributed by atoms with Crippen LogP contribution in [0.1, 0.15) is 37.9 Å². The van der Waals surface area contributed by atoms with E-state index in [1.165, 1.54) is 6.07 Å². The van der Waals surface area contributed by atoms with Gasteiger partial charge in [0, 0.05) is 19.8 Å². The smallest absolute Gasteiger partial charge is 0.284 e. The summed E-state index contributed by atoms with van der Waals surface area (Å²) in [4.78, 5) is 26.6. The van der Waals surface area contributed by atoms with Gasteiger partial charge in [0.15, 0.2) is 0 Å². The molecule has 3 rings (SSSR count). The monoisotopic (exact) mass is 409 g/mol. The minimum Gasteiger partial charge on any atom is -0.378 e. The van der Waals surface area contributed by atoms with E-state index in [4.69, 9.17) is 5.21 Å². The zero-order valence-electron chi connectivity index (χ0n) is 16.5. The van der Waals surface area contributed by atoms with Crippen molar-refractivity contribution in [3.05, 3.63) is 76.0 Å². The van der Waals surface area contributed by atoms with Crippen LogP contribution in [-0.4, -0.2) is 31.1 Å². The first kappa shape index (κ1) is 20.6. The predicted molar refractivity (Wildman–Crippen MR) is 116 cm³/mol. The van der Waals surface area contributed by atoms with Crippen molar-refractivity contribution in [2.45, 2.75) is 13.0 Å². The first-order chi connectivity index (χ1) is 13.9. The van der Waals surface area contributed by atoms with Gasteiger partial charge in [0.2, 0.25) is 0 Å². The third-order valence-electron chi connectivity index (χ3n) is 4.63. The summed E-state index contributed by atoms with van der Waals surface area (Å²) >= 11 is 1.03. The SMILES string of the molecule is CC(NC(=O)c1ccc(C(=O)NO)s1)c1ccc(-c2ccc(N(C)C)cc2)cc1. The Morgan fingerprint density at radius 2 is 1.38 bits per heavy atom. The zero-order chi connectivity index (χ0) is 21.0. The molecule has 1 aromatic heterocycles. The molecule has 2 aromatic carbocycles. The van der Waals surface area contributed by atoms with Crippen LogP contribution in [0.3, 0.4) is 0 Å². The molecule has 0 radical (unpaired) electrons. The third kappa shape index (κ3) is 4.82. The molecule has 3 N–H and O–H groups in total. The van der Waals surface area contributed by atoms with E-state index in [-0.39, 0.29) is 16.8 Å². The van der Waals surface area contributed by atoms with Crippen LogP contribution in [0.4, 0.5) is 5.69 Å². The Morgan fingerprint density at radius 1 is 0.862 bits per heavy atom. The highest BCUT2D eigenvalue weighted by Gasteiger charge is 2.16. The zero-order valence-corrected chi connectivity index (χ0v) is 17.3. The van der Waals surface area contributed by atoms with Crippen molar-refractivity contribution in [1.82, 2.24) is 10.8 Å². The highest BCUT2D eigenvalue weighted by Crippen LogP contribution is 2.25. The van der Waals surface area contributed by atoms with E-state index in [0.717, 1.165) is 33.7 Å². The number of thiophene rings is 1. The normalized spacial score (nSPS) is 11.6. The fourth-order valence-corrected chi connectivity index (χ4v) is 3.70. The fourth-order valence-electron chi connectivity index (χ4n) is 2.90. The number of hydrogen-bond donors (Lipinski definition) is 3. The van der Waals surface area contributed by atoms with Gasteiger partial charge in [-0.3, -0.25) is 14.8 Å². The molecule has 1 heterocycles. The number of hydrogen-bond acceptors (Lipinski definition) is 5. The van der Waals surface area contributed by atoms with E-state index in [0.29, 0.717) is 4.88 Å². The molecule has 0 fully saturated rings. The number of anilines is 1. The van der Waals surface area contributed by atoms with Crippen molar-refractivity contribution in [3.63, 3.8) is 0 Å². The topological polar surface area (TPSA) is 81.7 Å². The Kier molecular flexibility index (Phi) is 6.31. The summed E-state index contributed by atoms with van der Waals surface area (Å²) in [7, 11) is 4.02. The van der Waals surface area contributed by atoms with Crippen molar-refractivity contribution in [1.29, 1.82) is 0 Å². The lowest BCUT2D eigenvalue weighted by molar-refractivity contribution is 0.0711. The number of nitrogens with zero attached hydrogens (tertiary/aromatic N) is 1. The van der Waals surface area contributed by atoms with Crippen molar-refractivity contribution >= 4 is 28.8 Å². The quantitative estimate of drug-likeness (QED) is 0.423. The Morgan fingerprint density at radius 3 is 1.90 bits per heavy atom. The van der Waals surface area contributed by atoms with Gasteiger partial charge in [0.25, 0.3) is 11.8 Å². The number of hydroxylamine groups is 1. The number of carbonyl (C=O) groups is 2. The Labute approximate surface area is 173 Å². The van der Waals surface area contributed by atoms with Crippen molar-refractivity contribution in [3.8, 4) is 11.1 Å². The highest BCUT2D eigenvalue weighted by atomic mass is 32.1. The maximum Gasteiger partial charge on any atom is 0.284 e. The van der Waals surface area contributed by atoms with E-state index in [1.807, 2.05) is 45.3 Å². The minimum absolute atomic E-state index is 0.190. The largest absolute Gasteiger partial charge is 0.378 e. The summed E-state index contributed by atoms with van der Waals surface area (Å²) in [5.41, 5.74) is 5.93. The van der Waals surface area contributed by atoms with Crippen LogP contribution in [-0.2, 0) is 0 Å². The second-order valence-corrected chi connectivity index (χ2v) is 7.95. The van der Waals surface area contributed by atoms with E-state index >= 15 is 0 Å². The molecule has 1 unspecified atom stereocenters. The number of benzene rings is 2. The molecular weight excluding hydrogens is 386 g/mol. The van der Waals surface area contributed by atoms with Gasteiger partial charge in [0.1, 0.15) is 0 Å². The predicted octanol–water partition coefficient (Wildman–Crippen LogP) is 4.09. The Balaban J connectivity index is 1.67. The van der Waals surface area contributed by atoms with Gasteiger partial charge < -0.3 is 10.2 Å². The average Bonchev–Trinajstić information content (AvgIpc) is 3.24. The molecule has 0 spiro atoms. The summed E-state index contributed by atoms with van der Waals surface area (Å²) in [5, 5.41) is 11.6. The van der Waals surface area contributed by atoms with Crippen LogP contribution in [0.5, 0.6) is 0 Å². The maximum atomic E-state index is 12.4. The second-order valence-electron chi connectivity index (χ2n) is 6.86. The molecule has 150 valence electrons. The summed E-state index contributed by atoms with van der Waals surface area (Å²) < 4.78 is 0. The van der Waals surface area contributed by atoms with Gasteiger partial charge in [-0.2, -0.15) is 0 Å². The molecule has 0 aliphatic carbocycles. The lowest BCUT2D eigenvalue weighted by Crippen LogP contribution is -2.25. The van der Waals surface area contributed by atoms with Crippen molar-refractivity contribution < 1.29 is 14.8 Å². The lowest BCUT2D eigenvalue weighted by atomic mass is 10.0. The van der Waals surface area contributed by atoms with Crippen molar-refractivity contribution in [2.75, 3.05) is 19.0 Å². The number of carbonyl (C=O) groups excluding carboxylic acids is 2. The van der Waals surface area contributed by atoms with E-state index in [9.17, 15) is 9.59 Å². The van der Waals surface area contributed by atoms with E-state index < -0.39 is 5.91 Å².